The average molecular weight is 413 g/mol. The molecule has 29 heavy (non-hydrogen) atoms. The van der Waals surface area contributed by atoms with Crippen molar-refractivity contribution in [1.82, 2.24) is 14.9 Å². The molecule has 0 bridgehead atoms. The molecule has 1 aliphatic heterocycles. The van der Waals surface area contributed by atoms with E-state index in [1.54, 1.807) is 18.5 Å². The van der Waals surface area contributed by atoms with Gasteiger partial charge in [0.2, 0.25) is 0 Å². The van der Waals surface area contributed by atoms with Gasteiger partial charge in [-0.3, -0.25) is 4.90 Å². The van der Waals surface area contributed by atoms with E-state index in [4.69, 9.17) is 21.1 Å². The number of anilines is 2. The number of hydrogen-bond acceptors (Lipinski definition) is 6. The second-order valence-corrected chi connectivity index (χ2v) is 7.79. The number of pyridine rings is 2. The van der Waals surface area contributed by atoms with Crippen molar-refractivity contribution in [3.05, 3.63) is 53.9 Å². The minimum absolute atomic E-state index is 0.272. The Balaban J connectivity index is 1.41. The standard InChI is InChI=1S/C22H25ClN4O2/c1-15-13-27(14-16(2)29-15)9-10-28-19-4-5-20-17(11-19)7-8-24-22(20)26-18-3-6-21(23)25-12-18/h3-8,11-12,15-16H,9-10,13-14H2,1-2H3,(H,24,26)/t15-,16+. The maximum Gasteiger partial charge on any atom is 0.138 e. The van der Waals surface area contributed by atoms with Gasteiger partial charge in [0.15, 0.2) is 0 Å². The number of rotatable bonds is 6. The molecule has 3 aromatic rings. The highest BCUT2D eigenvalue weighted by Crippen LogP contribution is 2.27. The maximum absolute atomic E-state index is 6.01. The lowest BCUT2D eigenvalue weighted by Gasteiger charge is -2.35. The van der Waals surface area contributed by atoms with E-state index in [1.165, 1.54) is 0 Å². The van der Waals surface area contributed by atoms with E-state index in [0.717, 1.165) is 47.7 Å². The number of morpholine rings is 1. The summed E-state index contributed by atoms with van der Waals surface area (Å²) < 4.78 is 11.8. The van der Waals surface area contributed by atoms with E-state index in [2.05, 4.69) is 34.0 Å². The maximum atomic E-state index is 6.01. The van der Waals surface area contributed by atoms with Crippen LogP contribution < -0.4 is 10.1 Å². The molecule has 2 aromatic heterocycles. The predicted octanol–water partition coefficient (Wildman–Crippen LogP) is 4.51. The Morgan fingerprint density at radius 2 is 1.97 bits per heavy atom. The van der Waals surface area contributed by atoms with E-state index in [-0.39, 0.29) is 12.2 Å². The number of nitrogens with zero attached hydrogens (tertiary/aromatic N) is 3. The lowest BCUT2D eigenvalue weighted by atomic mass is 10.1. The first kappa shape index (κ1) is 19.9. The summed E-state index contributed by atoms with van der Waals surface area (Å²) in [7, 11) is 0. The first-order valence-corrected chi connectivity index (χ1v) is 10.2. The van der Waals surface area contributed by atoms with Gasteiger partial charge in [0.25, 0.3) is 0 Å². The van der Waals surface area contributed by atoms with Gasteiger partial charge in [-0.05, 0) is 55.6 Å². The Morgan fingerprint density at radius 1 is 1.14 bits per heavy atom. The van der Waals surface area contributed by atoms with Crippen molar-refractivity contribution in [3.8, 4) is 5.75 Å². The minimum Gasteiger partial charge on any atom is -0.492 e. The van der Waals surface area contributed by atoms with Crippen LogP contribution in [0.1, 0.15) is 13.8 Å². The molecule has 0 spiro atoms. The zero-order chi connectivity index (χ0) is 20.2. The number of benzene rings is 1. The molecule has 1 aromatic carbocycles. The second-order valence-electron chi connectivity index (χ2n) is 7.40. The van der Waals surface area contributed by atoms with Gasteiger partial charge in [0.1, 0.15) is 23.3 Å². The quantitative estimate of drug-likeness (QED) is 0.601. The SMILES string of the molecule is C[C@@H]1CN(CCOc2ccc3c(Nc4ccc(Cl)nc4)nccc3c2)C[C@H](C)O1. The predicted molar refractivity (Wildman–Crippen MR) is 116 cm³/mol. The monoisotopic (exact) mass is 412 g/mol. The largest absolute Gasteiger partial charge is 0.492 e. The third-order valence-electron chi connectivity index (χ3n) is 4.90. The molecule has 6 nitrogen and oxygen atoms in total. The van der Waals surface area contributed by atoms with Gasteiger partial charge in [-0.25, -0.2) is 9.97 Å². The fourth-order valence-electron chi connectivity index (χ4n) is 3.69. The van der Waals surface area contributed by atoms with Gasteiger partial charge in [0, 0.05) is 31.2 Å². The summed E-state index contributed by atoms with van der Waals surface area (Å²) in [6.07, 6.45) is 4.02. The van der Waals surface area contributed by atoms with Crippen molar-refractivity contribution in [3.63, 3.8) is 0 Å². The molecule has 7 heteroatoms. The molecule has 0 unspecified atom stereocenters. The summed E-state index contributed by atoms with van der Waals surface area (Å²) in [5, 5.41) is 5.84. The normalized spacial score (nSPS) is 20.0. The van der Waals surface area contributed by atoms with Crippen LogP contribution in [0.5, 0.6) is 5.75 Å². The summed E-state index contributed by atoms with van der Waals surface area (Å²) in [6.45, 7) is 7.68. The zero-order valence-electron chi connectivity index (χ0n) is 16.6. The number of nitrogens with one attached hydrogen (secondary N) is 1. The summed E-state index contributed by atoms with van der Waals surface area (Å²) in [6, 6.07) is 11.7. The van der Waals surface area contributed by atoms with Crippen LogP contribution in [-0.4, -0.2) is 53.3 Å². The molecule has 2 atom stereocenters. The van der Waals surface area contributed by atoms with Gasteiger partial charge < -0.3 is 14.8 Å². The van der Waals surface area contributed by atoms with Crippen molar-refractivity contribution in [2.24, 2.45) is 0 Å². The number of halogens is 1. The van der Waals surface area contributed by atoms with Crippen molar-refractivity contribution in [2.45, 2.75) is 26.1 Å². The molecule has 1 saturated heterocycles. The molecular formula is C22H25ClN4O2. The van der Waals surface area contributed by atoms with Gasteiger partial charge in [-0.2, -0.15) is 0 Å². The molecule has 3 heterocycles. The van der Waals surface area contributed by atoms with Crippen LogP contribution in [0.3, 0.4) is 0 Å². The molecule has 0 aliphatic carbocycles. The van der Waals surface area contributed by atoms with Crippen LogP contribution in [0.2, 0.25) is 5.15 Å². The summed E-state index contributed by atoms with van der Waals surface area (Å²) >= 11 is 5.85. The van der Waals surface area contributed by atoms with E-state index < -0.39 is 0 Å². The molecule has 0 saturated carbocycles. The number of aromatic nitrogens is 2. The van der Waals surface area contributed by atoms with Crippen molar-refractivity contribution in [1.29, 1.82) is 0 Å². The lowest BCUT2D eigenvalue weighted by molar-refractivity contribution is -0.0699. The van der Waals surface area contributed by atoms with Crippen LogP contribution in [0.25, 0.3) is 10.8 Å². The first-order chi connectivity index (χ1) is 14.1. The Kier molecular flexibility index (Phi) is 6.13. The van der Waals surface area contributed by atoms with E-state index in [1.807, 2.05) is 30.3 Å². The number of hydrogen-bond donors (Lipinski definition) is 1. The lowest BCUT2D eigenvalue weighted by Crippen LogP contribution is -2.46. The molecule has 152 valence electrons. The second kappa shape index (κ2) is 8.95. The van der Waals surface area contributed by atoms with Crippen LogP contribution in [-0.2, 0) is 4.74 Å². The Bertz CT molecular complexity index is 957. The van der Waals surface area contributed by atoms with Gasteiger partial charge in [-0.1, -0.05) is 11.6 Å². The molecular weight excluding hydrogens is 388 g/mol. The molecule has 1 fully saturated rings. The van der Waals surface area contributed by atoms with Crippen molar-refractivity contribution in [2.75, 3.05) is 31.6 Å². The average Bonchev–Trinajstić information content (AvgIpc) is 2.69. The van der Waals surface area contributed by atoms with Crippen molar-refractivity contribution < 1.29 is 9.47 Å². The van der Waals surface area contributed by atoms with Crippen LogP contribution >= 0.6 is 11.6 Å². The van der Waals surface area contributed by atoms with E-state index >= 15 is 0 Å². The number of ether oxygens (including phenoxy) is 2. The molecule has 4 rings (SSSR count). The molecule has 1 N–H and O–H groups in total. The highest BCUT2D eigenvalue weighted by molar-refractivity contribution is 6.29. The van der Waals surface area contributed by atoms with Crippen LogP contribution in [0, 0.1) is 0 Å². The van der Waals surface area contributed by atoms with Crippen molar-refractivity contribution >= 4 is 33.9 Å². The van der Waals surface area contributed by atoms with Gasteiger partial charge in [0.05, 0.1) is 24.1 Å². The third kappa shape index (κ3) is 5.15. The fourth-order valence-corrected chi connectivity index (χ4v) is 3.80. The van der Waals surface area contributed by atoms with Gasteiger partial charge >= 0.3 is 0 Å². The highest BCUT2D eigenvalue weighted by atomic mass is 35.5. The molecule has 1 aliphatic rings. The van der Waals surface area contributed by atoms with E-state index in [9.17, 15) is 0 Å². The smallest absolute Gasteiger partial charge is 0.138 e. The molecule has 0 amide bonds. The van der Waals surface area contributed by atoms with Gasteiger partial charge in [-0.15, -0.1) is 0 Å². The summed E-state index contributed by atoms with van der Waals surface area (Å²) in [5.74, 6) is 1.63. The third-order valence-corrected chi connectivity index (χ3v) is 5.12. The summed E-state index contributed by atoms with van der Waals surface area (Å²) in [5.41, 5.74) is 0.837. The Hall–Kier alpha value is -2.41. The van der Waals surface area contributed by atoms with Crippen LogP contribution in [0.15, 0.2) is 48.8 Å². The fraction of sp³-hybridized carbons (Fsp3) is 0.364. The zero-order valence-corrected chi connectivity index (χ0v) is 17.4. The van der Waals surface area contributed by atoms with E-state index in [0.29, 0.717) is 11.8 Å². The van der Waals surface area contributed by atoms with Crippen LogP contribution in [0.4, 0.5) is 11.5 Å². The first-order valence-electron chi connectivity index (χ1n) is 9.85. The minimum atomic E-state index is 0.272. The Morgan fingerprint density at radius 3 is 2.72 bits per heavy atom. The topological polar surface area (TPSA) is 59.5 Å². The highest BCUT2D eigenvalue weighted by Gasteiger charge is 2.21. The Labute approximate surface area is 175 Å². The molecule has 0 radical (unpaired) electrons. The summed E-state index contributed by atoms with van der Waals surface area (Å²) in [4.78, 5) is 10.9. The number of fused-ring (bicyclic) bond motifs is 1.